The van der Waals surface area contributed by atoms with Gasteiger partial charge in [0.25, 0.3) is 5.91 Å². The smallest absolute Gasteiger partial charge is 0.345 e. The standard InChI is InChI=1S/C24H30N6O5/c1-15(2)35-19-9-10-20(17(4)13-19)26-22-29(14-18-7-5-16(3)6-8-18)23(32)28(24(33)30(22)25)12-11-21(31)27-34/h5-10,13,15,22,26H,11-12,14,25H2,1-4H3. The van der Waals surface area contributed by atoms with Crippen LogP contribution in [-0.4, -0.2) is 51.7 Å². The number of anilines is 1. The van der Waals surface area contributed by atoms with E-state index in [1.807, 2.05) is 58.0 Å². The Kier molecular flexibility index (Phi) is 8.02. The number of carbonyl (C=O) groups excluding carboxylic acids is 3. The van der Waals surface area contributed by atoms with Crippen molar-refractivity contribution in [2.24, 2.45) is 11.0 Å². The van der Waals surface area contributed by atoms with Crippen LogP contribution in [0.3, 0.4) is 0 Å². The van der Waals surface area contributed by atoms with Gasteiger partial charge in [-0.3, -0.25) is 9.69 Å². The molecule has 186 valence electrons. The van der Waals surface area contributed by atoms with Crippen LogP contribution < -0.4 is 15.9 Å². The summed E-state index contributed by atoms with van der Waals surface area (Å²) in [4.78, 5) is 50.4. The lowest BCUT2D eigenvalue weighted by Gasteiger charge is -2.45. The second-order valence-corrected chi connectivity index (χ2v) is 8.63. The quantitative estimate of drug-likeness (QED) is 0.316. The molecule has 2 aromatic carbocycles. The van der Waals surface area contributed by atoms with Crippen molar-refractivity contribution in [3.05, 3.63) is 64.1 Å². The highest BCUT2D eigenvalue weighted by Crippen LogP contribution is 2.27. The fourth-order valence-corrected chi connectivity index (χ4v) is 3.65. The van der Waals surface area contributed by atoms with E-state index in [1.165, 1.54) is 4.90 Å². The lowest BCUT2D eigenvalue weighted by atomic mass is 10.1. The number of nitrogens with zero attached hydrogens (tertiary/aromatic N) is 4. The normalized spacial score (nSPS) is 16.1. The maximum Gasteiger partial charge on any atom is 0.345 e. The molecule has 3 rings (SSSR count). The Hall–Kier alpha value is -3.99. The van der Waals surface area contributed by atoms with Crippen LogP contribution in [0, 0.1) is 18.8 Å². The molecule has 1 heterocycles. The Labute approximate surface area is 203 Å². The first kappa shape index (κ1) is 25.6. The number of nitroso groups, excluding NO2 is 1. The molecule has 1 unspecified atom stereocenters. The van der Waals surface area contributed by atoms with Gasteiger partial charge in [-0.2, -0.15) is 0 Å². The van der Waals surface area contributed by atoms with Crippen molar-refractivity contribution in [2.45, 2.75) is 53.1 Å². The Morgan fingerprint density at radius 1 is 1.11 bits per heavy atom. The van der Waals surface area contributed by atoms with Crippen molar-refractivity contribution in [2.75, 3.05) is 11.9 Å². The van der Waals surface area contributed by atoms with Crippen molar-refractivity contribution < 1.29 is 19.1 Å². The SMILES string of the molecule is Cc1ccc(CN2C(=O)N(CCC(=O)N=O)C(=O)N(N)C2Nc2ccc(OC(C)C)cc2C)cc1. The monoisotopic (exact) mass is 482 g/mol. The highest BCUT2D eigenvalue weighted by molar-refractivity contribution is 5.96. The number of hydrogen-bond acceptors (Lipinski definition) is 7. The lowest BCUT2D eigenvalue weighted by molar-refractivity contribution is -0.118. The Bertz CT molecular complexity index is 1100. The molecule has 0 aromatic heterocycles. The first-order valence-corrected chi connectivity index (χ1v) is 11.2. The van der Waals surface area contributed by atoms with Gasteiger partial charge in [0.2, 0.25) is 6.29 Å². The Morgan fingerprint density at radius 3 is 2.40 bits per heavy atom. The van der Waals surface area contributed by atoms with Crippen LogP contribution in [0.25, 0.3) is 0 Å². The maximum atomic E-state index is 13.4. The van der Waals surface area contributed by atoms with Gasteiger partial charge in [0.1, 0.15) is 5.75 Å². The summed E-state index contributed by atoms with van der Waals surface area (Å²) in [6.07, 6.45) is -1.39. The van der Waals surface area contributed by atoms with Crippen molar-refractivity contribution in [3.8, 4) is 5.75 Å². The van der Waals surface area contributed by atoms with Gasteiger partial charge in [-0.05, 0) is 57.0 Å². The molecule has 0 saturated carbocycles. The summed E-state index contributed by atoms with van der Waals surface area (Å²) in [5.74, 6) is 5.90. The van der Waals surface area contributed by atoms with Crippen LogP contribution in [0.1, 0.15) is 37.0 Å². The average molecular weight is 483 g/mol. The highest BCUT2D eigenvalue weighted by Gasteiger charge is 2.43. The van der Waals surface area contributed by atoms with E-state index >= 15 is 0 Å². The third kappa shape index (κ3) is 6.12. The van der Waals surface area contributed by atoms with Crippen LogP contribution in [0.2, 0.25) is 0 Å². The molecule has 0 aliphatic carbocycles. The molecule has 2 aromatic rings. The Balaban J connectivity index is 1.91. The van der Waals surface area contributed by atoms with Crippen molar-refractivity contribution in [1.29, 1.82) is 0 Å². The molecular formula is C24H30N6O5. The second kappa shape index (κ2) is 11.0. The zero-order valence-corrected chi connectivity index (χ0v) is 20.2. The minimum Gasteiger partial charge on any atom is -0.491 e. The van der Waals surface area contributed by atoms with Gasteiger partial charge in [-0.15, -0.1) is 4.91 Å². The van der Waals surface area contributed by atoms with Gasteiger partial charge in [-0.1, -0.05) is 29.8 Å². The van der Waals surface area contributed by atoms with E-state index in [1.54, 1.807) is 12.1 Å². The van der Waals surface area contributed by atoms with Gasteiger partial charge in [0.15, 0.2) is 0 Å². The van der Waals surface area contributed by atoms with Crippen LogP contribution in [0.4, 0.5) is 15.3 Å². The van der Waals surface area contributed by atoms with Gasteiger partial charge >= 0.3 is 12.1 Å². The zero-order valence-electron chi connectivity index (χ0n) is 20.2. The predicted molar refractivity (Wildman–Crippen MR) is 130 cm³/mol. The Morgan fingerprint density at radius 2 is 1.80 bits per heavy atom. The summed E-state index contributed by atoms with van der Waals surface area (Å²) in [6, 6.07) is 11.6. The molecule has 1 aliphatic heterocycles. The van der Waals surface area contributed by atoms with E-state index in [4.69, 9.17) is 10.6 Å². The molecule has 35 heavy (non-hydrogen) atoms. The molecule has 11 nitrogen and oxygen atoms in total. The highest BCUT2D eigenvalue weighted by atomic mass is 16.5. The number of rotatable bonds is 9. The number of amides is 5. The first-order valence-electron chi connectivity index (χ1n) is 11.2. The van der Waals surface area contributed by atoms with E-state index in [2.05, 4.69) is 10.5 Å². The summed E-state index contributed by atoms with van der Waals surface area (Å²) in [5, 5.41) is 6.40. The minimum absolute atomic E-state index is 0.0126. The number of hydrogen-bond donors (Lipinski definition) is 2. The summed E-state index contributed by atoms with van der Waals surface area (Å²) < 4.78 is 5.73. The molecule has 0 radical (unpaired) electrons. The lowest BCUT2D eigenvalue weighted by Crippen LogP contribution is -2.70. The second-order valence-electron chi connectivity index (χ2n) is 8.63. The molecule has 1 saturated heterocycles. The molecule has 3 N–H and O–H groups in total. The fraction of sp³-hybridized carbons (Fsp3) is 0.375. The minimum atomic E-state index is -1.01. The summed E-state index contributed by atoms with van der Waals surface area (Å²) >= 11 is 0. The first-order chi connectivity index (χ1) is 16.6. The molecule has 1 fully saturated rings. The topological polar surface area (TPSA) is 138 Å². The summed E-state index contributed by atoms with van der Waals surface area (Å²) in [7, 11) is 0. The molecule has 5 amide bonds. The third-order valence-corrected chi connectivity index (χ3v) is 5.47. The number of hydrazine groups is 1. The van der Waals surface area contributed by atoms with E-state index in [0.29, 0.717) is 11.4 Å². The molecular weight excluding hydrogens is 452 g/mol. The average Bonchev–Trinajstić information content (AvgIpc) is 2.81. The number of ether oxygens (including phenoxy) is 1. The zero-order chi connectivity index (χ0) is 25.7. The number of aryl methyl sites for hydroxylation is 2. The van der Waals surface area contributed by atoms with E-state index in [-0.39, 0.29) is 25.6 Å². The van der Waals surface area contributed by atoms with E-state index < -0.39 is 24.3 Å². The van der Waals surface area contributed by atoms with Crippen LogP contribution in [0.15, 0.2) is 47.6 Å². The molecule has 11 heteroatoms. The number of urea groups is 2. The summed E-state index contributed by atoms with van der Waals surface area (Å²) in [6.45, 7) is 7.52. The predicted octanol–water partition coefficient (Wildman–Crippen LogP) is 3.70. The third-order valence-electron chi connectivity index (χ3n) is 5.47. The van der Waals surface area contributed by atoms with Gasteiger partial charge in [-0.25, -0.2) is 25.3 Å². The number of imide groups is 1. The van der Waals surface area contributed by atoms with Crippen LogP contribution in [-0.2, 0) is 11.3 Å². The van der Waals surface area contributed by atoms with Gasteiger partial charge in [0, 0.05) is 17.4 Å². The number of benzene rings is 2. The largest absolute Gasteiger partial charge is 0.491 e. The van der Waals surface area contributed by atoms with Crippen molar-refractivity contribution in [1.82, 2.24) is 14.8 Å². The summed E-state index contributed by atoms with van der Waals surface area (Å²) in [5.41, 5.74) is 3.37. The van der Waals surface area contributed by atoms with E-state index in [0.717, 1.165) is 26.6 Å². The molecule has 0 bridgehead atoms. The molecule has 0 spiro atoms. The van der Waals surface area contributed by atoms with Crippen LogP contribution in [0.5, 0.6) is 5.75 Å². The maximum absolute atomic E-state index is 13.4. The van der Waals surface area contributed by atoms with Crippen molar-refractivity contribution in [3.63, 3.8) is 0 Å². The van der Waals surface area contributed by atoms with E-state index in [9.17, 15) is 19.3 Å². The van der Waals surface area contributed by atoms with Crippen molar-refractivity contribution >= 4 is 23.7 Å². The molecule has 1 aliphatic rings. The van der Waals surface area contributed by atoms with Gasteiger partial charge in [0.05, 0.1) is 19.1 Å². The number of carbonyl (C=O) groups is 3. The number of nitrogens with two attached hydrogens (primary N) is 1. The fourth-order valence-electron chi connectivity index (χ4n) is 3.65. The van der Waals surface area contributed by atoms with Gasteiger partial charge < -0.3 is 10.1 Å². The molecule has 1 atom stereocenters. The van der Waals surface area contributed by atoms with Crippen LogP contribution >= 0.6 is 0 Å². The number of nitrogens with one attached hydrogen (secondary N) is 1.